The van der Waals surface area contributed by atoms with Crippen molar-refractivity contribution in [1.29, 1.82) is 0 Å². The van der Waals surface area contributed by atoms with Crippen LogP contribution in [-0.4, -0.2) is 43.4 Å². The van der Waals surface area contributed by atoms with Crippen molar-refractivity contribution < 1.29 is 9.90 Å². The Labute approximate surface area is 180 Å². The number of carboxylic acids is 1. The quantitative estimate of drug-likeness (QED) is 0.662. The number of benzene rings is 2. The summed E-state index contributed by atoms with van der Waals surface area (Å²) in [6.45, 7) is 5.09. The SMILES string of the molecule is CC(C)n1ncn(-c2ccc(C3=CCN(C(C(=O)O)c4ccccc4)CC3)cc2)c1=O. The summed E-state index contributed by atoms with van der Waals surface area (Å²) in [4.78, 5) is 26.3. The van der Waals surface area contributed by atoms with E-state index in [1.165, 1.54) is 14.8 Å². The minimum absolute atomic E-state index is 0.00822. The number of aromatic nitrogens is 3. The van der Waals surface area contributed by atoms with Gasteiger partial charge in [0.15, 0.2) is 0 Å². The van der Waals surface area contributed by atoms with Gasteiger partial charge in [-0.05, 0) is 49.1 Å². The molecule has 7 heteroatoms. The molecule has 2 heterocycles. The highest BCUT2D eigenvalue weighted by Crippen LogP contribution is 2.29. The molecule has 31 heavy (non-hydrogen) atoms. The van der Waals surface area contributed by atoms with Gasteiger partial charge in [-0.2, -0.15) is 5.10 Å². The molecule has 0 saturated heterocycles. The molecule has 3 aromatic rings. The molecule has 0 amide bonds. The summed E-state index contributed by atoms with van der Waals surface area (Å²) < 4.78 is 3.00. The summed E-state index contributed by atoms with van der Waals surface area (Å²) in [5, 5.41) is 13.9. The highest BCUT2D eigenvalue weighted by Gasteiger charge is 2.28. The normalized spacial score (nSPS) is 15.6. The zero-order valence-corrected chi connectivity index (χ0v) is 17.7. The highest BCUT2D eigenvalue weighted by atomic mass is 16.4. The molecular formula is C24H26N4O3. The smallest absolute Gasteiger partial charge is 0.350 e. The summed E-state index contributed by atoms with van der Waals surface area (Å²) in [6, 6.07) is 16.6. The fourth-order valence-electron chi connectivity index (χ4n) is 4.01. The van der Waals surface area contributed by atoms with Gasteiger partial charge >= 0.3 is 11.7 Å². The number of rotatable bonds is 6. The Bertz CT molecular complexity index is 1140. The average molecular weight is 418 g/mol. The fraction of sp³-hybridized carbons (Fsp3) is 0.292. The summed E-state index contributed by atoms with van der Waals surface area (Å²) in [5.41, 5.74) is 3.68. The van der Waals surface area contributed by atoms with Crippen LogP contribution in [0.1, 0.15) is 43.5 Å². The largest absolute Gasteiger partial charge is 0.480 e. The van der Waals surface area contributed by atoms with E-state index in [1.54, 1.807) is 6.33 Å². The number of hydrogen-bond acceptors (Lipinski definition) is 4. The number of nitrogens with zero attached hydrogens (tertiary/aromatic N) is 4. The average Bonchev–Trinajstić information content (AvgIpc) is 3.17. The van der Waals surface area contributed by atoms with Crippen molar-refractivity contribution in [3.63, 3.8) is 0 Å². The predicted octanol–water partition coefficient (Wildman–Crippen LogP) is 3.53. The first-order chi connectivity index (χ1) is 15.0. The van der Waals surface area contributed by atoms with Crippen LogP contribution >= 0.6 is 0 Å². The Morgan fingerprint density at radius 1 is 1.06 bits per heavy atom. The summed E-state index contributed by atoms with van der Waals surface area (Å²) >= 11 is 0. The van der Waals surface area contributed by atoms with Gasteiger partial charge in [-0.15, -0.1) is 0 Å². The maximum absolute atomic E-state index is 12.5. The van der Waals surface area contributed by atoms with Crippen LogP contribution in [0.2, 0.25) is 0 Å². The first-order valence-electron chi connectivity index (χ1n) is 10.4. The van der Waals surface area contributed by atoms with Gasteiger partial charge in [0.05, 0.1) is 11.7 Å². The molecule has 160 valence electrons. The molecule has 2 aromatic carbocycles. The van der Waals surface area contributed by atoms with E-state index in [-0.39, 0.29) is 11.7 Å². The number of carboxylic acid groups (broad SMARTS) is 1. The van der Waals surface area contributed by atoms with Crippen molar-refractivity contribution in [2.24, 2.45) is 0 Å². The Hall–Kier alpha value is -3.45. The molecule has 0 aliphatic carbocycles. The van der Waals surface area contributed by atoms with Crippen LogP contribution in [0.3, 0.4) is 0 Å². The van der Waals surface area contributed by atoms with Gasteiger partial charge in [-0.25, -0.2) is 14.0 Å². The van der Waals surface area contributed by atoms with E-state index in [1.807, 2.05) is 73.3 Å². The van der Waals surface area contributed by atoms with Gasteiger partial charge in [0, 0.05) is 13.1 Å². The van der Waals surface area contributed by atoms with Crippen LogP contribution in [-0.2, 0) is 4.79 Å². The fourth-order valence-corrected chi connectivity index (χ4v) is 4.01. The van der Waals surface area contributed by atoms with E-state index < -0.39 is 12.0 Å². The molecule has 1 aliphatic heterocycles. The predicted molar refractivity (Wildman–Crippen MR) is 119 cm³/mol. The summed E-state index contributed by atoms with van der Waals surface area (Å²) in [7, 11) is 0. The van der Waals surface area contributed by atoms with Crippen molar-refractivity contribution in [2.75, 3.05) is 13.1 Å². The van der Waals surface area contributed by atoms with E-state index in [4.69, 9.17) is 0 Å². The Balaban J connectivity index is 1.51. The maximum Gasteiger partial charge on any atom is 0.350 e. The molecule has 1 unspecified atom stereocenters. The van der Waals surface area contributed by atoms with E-state index in [2.05, 4.69) is 11.2 Å². The molecule has 1 atom stereocenters. The van der Waals surface area contributed by atoms with Gasteiger partial charge < -0.3 is 5.11 Å². The van der Waals surface area contributed by atoms with Crippen LogP contribution in [0.4, 0.5) is 0 Å². The van der Waals surface area contributed by atoms with Crippen molar-refractivity contribution in [3.05, 3.63) is 88.6 Å². The molecule has 1 aliphatic rings. The molecule has 1 aromatic heterocycles. The number of carbonyl (C=O) groups is 1. The topological polar surface area (TPSA) is 80.4 Å². The highest BCUT2D eigenvalue weighted by molar-refractivity contribution is 5.76. The standard InChI is InChI=1S/C24H26N4O3/c1-17(2)28-24(31)27(16-25-28)21-10-8-18(9-11-21)19-12-14-26(15-13-19)22(23(29)30)20-6-4-3-5-7-20/h3-12,16-17,22H,13-15H2,1-2H3,(H,29,30). The van der Waals surface area contributed by atoms with Crippen LogP contribution in [0.5, 0.6) is 0 Å². The first kappa shape index (κ1) is 20.8. The number of hydrogen-bond donors (Lipinski definition) is 1. The maximum atomic E-state index is 12.5. The molecule has 7 nitrogen and oxygen atoms in total. The Morgan fingerprint density at radius 3 is 2.32 bits per heavy atom. The van der Waals surface area contributed by atoms with Gasteiger partial charge in [-0.3, -0.25) is 9.69 Å². The summed E-state index contributed by atoms with van der Waals surface area (Å²) in [6.07, 6.45) is 4.41. The van der Waals surface area contributed by atoms with E-state index in [0.29, 0.717) is 13.1 Å². The molecule has 0 radical (unpaired) electrons. The van der Waals surface area contributed by atoms with Crippen LogP contribution in [0, 0.1) is 0 Å². The molecule has 0 saturated carbocycles. The van der Waals surface area contributed by atoms with E-state index in [0.717, 1.165) is 23.2 Å². The lowest BCUT2D eigenvalue weighted by molar-refractivity contribution is -0.143. The second-order valence-corrected chi connectivity index (χ2v) is 7.99. The van der Waals surface area contributed by atoms with Crippen molar-refractivity contribution in [2.45, 2.75) is 32.4 Å². The minimum Gasteiger partial charge on any atom is -0.480 e. The first-order valence-corrected chi connectivity index (χ1v) is 10.4. The summed E-state index contributed by atoms with van der Waals surface area (Å²) in [5.74, 6) is -0.834. The van der Waals surface area contributed by atoms with Crippen molar-refractivity contribution in [1.82, 2.24) is 19.2 Å². The third kappa shape index (κ3) is 4.22. The zero-order chi connectivity index (χ0) is 22.0. The second kappa shape index (κ2) is 8.73. The number of aliphatic carboxylic acids is 1. The minimum atomic E-state index is -0.834. The lowest BCUT2D eigenvalue weighted by Gasteiger charge is -2.31. The van der Waals surface area contributed by atoms with Crippen LogP contribution in [0.25, 0.3) is 11.3 Å². The third-order valence-electron chi connectivity index (χ3n) is 5.65. The van der Waals surface area contributed by atoms with Crippen molar-refractivity contribution >= 4 is 11.5 Å². The van der Waals surface area contributed by atoms with Gasteiger partial charge in [-0.1, -0.05) is 48.5 Å². The van der Waals surface area contributed by atoms with Gasteiger partial charge in [0.25, 0.3) is 0 Å². The van der Waals surface area contributed by atoms with Gasteiger partial charge in [0.1, 0.15) is 12.4 Å². The van der Waals surface area contributed by atoms with Crippen molar-refractivity contribution in [3.8, 4) is 5.69 Å². The lowest BCUT2D eigenvalue weighted by atomic mass is 9.97. The molecule has 0 fully saturated rings. The van der Waals surface area contributed by atoms with E-state index in [9.17, 15) is 14.7 Å². The van der Waals surface area contributed by atoms with E-state index >= 15 is 0 Å². The Morgan fingerprint density at radius 2 is 1.77 bits per heavy atom. The Kier molecular flexibility index (Phi) is 5.86. The molecule has 4 rings (SSSR count). The van der Waals surface area contributed by atoms with Crippen LogP contribution in [0.15, 0.2) is 71.8 Å². The second-order valence-electron chi connectivity index (χ2n) is 7.99. The third-order valence-corrected chi connectivity index (χ3v) is 5.65. The van der Waals surface area contributed by atoms with Gasteiger partial charge in [0.2, 0.25) is 0 Å². The zero-order valence-electron chi connectivity index (χ0n) is 17.7. The monoisotopic (exact) mass is 418 g/mol. The molecule has 0 spiro atoms. The molecule has 0 bridgehead atoms. The van der Waals surface area contributed by atoms with Crippen LogP contribution < -0.4 is 5.69 Å². The molecule has 1 N–H and O–H groups in total. The molecular weight excluding hydrogens is 392 g/mol. The lowest BCUT2D eigenvalue weighted by Crippen LogP contribution is -2.37.